The Kier molecular flexibility index (Phi) is 6.17. The predicted molar refractivity (Wildman–Crippen MR) is 132 cm³/mol. The van der Waals surface area contributed by atoms with E-state index in [4.69, 9.17) is 14.5 Å². The van der Waals surface area contributed by atoms with Crippen molar-refractivity contribution in [3.05, 3.63) is 71.3 Å². The minimum Gasteiger partial charge on any atom is -0.336 e. The third kappa shape index (κ3) is 4.31. The quantitative estimate of drug-likeness (QED) is 0.640. The average Bonchev–Trinajstić information content (AvgIpc) is 3.29. The maximum atomic E-state index is 13.0. The standard InChI is InChI=1S/C29H36N2O4/c1-28(26-19-21-6-5-7-22(18-21)20-26)33-29(35-34-28,24-8-3-2-4-9-24)25-12-10-23(11-13-25)27(32)31-16-14-30-15-17-31/h2-4,8-13,21-22,26,30H,5-7,14-20H2,1H3/t21?,22?,26?,28-,29+/m0/s1. The molecule has 1 amide bonds. The molecule has 0 spiro atoms. The van der Waals surface area contributed by atoms with Gasteiger partial charge in [-0.15, -0.1) is 0 Å². The van der Waals surface area contributed by atoms with E-state index in [0.717, 1.165) is 62.0 Å². The van der Waals surface area contributed by atoms with Crippen molar-refractivity contribution in [3.63, 3.8) is 0 Å². The van der Waals surface area contributed by atoms with Gasteiger partial charge < -0.3 is 15.0 Å². The normalized spacial score (nSPS) is 35.1. The molecule has 6 rings (SSSR count). The predicted octanol–water partition coefficient (Wildman–Crippen LogP) is 4.84. The number of rotatable bonds is 4. The molecule has 2 bridgehead atoms. The summed E-state index contributed by atoms with van der Waals surface area (Å²) >= 11 is 0. The SMILES string of the molecule is C[C@@]1(C2CC3CCCC(C3)C2)OO[C@](c2ccccc2)(c2ccc(C(=O)N3CCNCC3)cc2)O1. The Morgan fingerprint density at radius 1 is 0.886 bits per heavy atom. The second-order valence-electron chi connectivity index (χ2n) is 11.0. The van der Waals surface area contributed by atoms with Crippen LogP contribution < -0.4 is 5.32 Å². The number of hydrogen-bond donors (Lipinski definition) is 1. The van der Waals surface area contributed by atoms with Gasteiger partial charge in [-0.1, -0.05) is 61.7 Å². The monoisotopic (exact) mass is 476 g/mol. The zero-order valence-electron chi connectivity index (χ0n) is 20.6. The molecule has 0 aromatic heterocycles. The van der Waals surface area contributed by atoms with E-state index in [0.29, 0.717) is 11.5 Å². The van der Waals surface area contributed by atoms with Gasteiger partial charge in [0.2, 0.25) is 5.79 Å². The fraction of sp³-hybridized carbons (Fsp3) is 0.552. The fourth-order valence-corrected chi connectivity index (χ4v) is 6.69. The molecule has 4 aliphatic rings. The van der Waals surface area contributed by atoms with Crippen LogP contribution in [0, 0.1) is 17.8 Å². The highest BCUT2D eigenvalue weighted by molar-refractivity contribution is 5.94. The van der Waals surface area contributed by atoms with Gasteiger partial charge in [-0.05, 0) is 50.2 Å². The van der Waals surface area contributed by atoms with Crippen LogP contribution in [0.1, 0.15) is 66.9 Å². The Labute approximate surface area is 207 Å². The Morgan fingerprint density at radius 3 is 2.23 bits per heavy atom. The number of nitrogens with one attached hydrogen (secondary N) is 1. The van der Waals surface area contributed by atoms with Crippen LogP contribution in [0.5, 0.6) is 0 Å². The summed E-state index contributed by atoms with van der Waals surface area (Å²) in [6.45, 7) is 5.18. The Morgan fingerprint density at radius 2 is 1.54 bits per heavy atom. The lowest BCUT2D eigenvalue weighted by atomic mass is 9.66. The van der Waals surface area contributed by atoms with Gasteiger partial charge >= 0.3 is 0 Å². The number of carbonyl (C=O) groups is 1. The van der Waals surface area contributed by atoms with Gasteiger partial charge in [0.05, 0.1) is 0 Å². The molecule has 2 aliphatic carbocycles. The van der Waals surface area contributed by atoms with Crippen molar-refractivity contribution in [2.24, 2.45) is 17.8 Å². The van der Waals surface area contributed by atoms with E-state index < -0.39 is 11.6 Å². The first-order chi connectivity index (χ1) is 17.1. The third-order valence-corrected chi connectivity index (χ3v) is 8.61. The highest BCUT2D eigenvalue weighted by atomic mass is 17.3. The van der Waals surface area contributed by atoms with Crippen molar-refractivity contribution in [1.82, 2.24) is 10.2 Å². The van der Waals surface area contributed by atoms with Crippen molar-refractivity contribution in [1.29, 1.82) is 0 Å². The van der Waals surface area contributed by atoms with Crippen LogP contribution in [0.2, 0.25) is 0 Å². The van der Waals surface area contributed by atoms with Crippen molar-refractivity contribution in [3.8, 4) is 0 Å². The molecule has 6 nitrogen and oxygen atoms in total. The van der Waals surface area contributed by atoms with E-state index in [1.165, 1.54) is 25.7 Å². The summed E-state index contributed by atoms with van der Waals surface area (Å²) in [5.41, 5.74) is 2.40. The Bertz CT molecular complexity index is 1030. The molecule has 4 atom stereocenters. The molecule has 186 valence electrons. The molecule has 2 aromatic rings. The highest BCUT2D eigenvalue weighted by Gasteiger charge is 2.57. The van der Waals surface area contributed by atoms with Crippen molar-refractivity contribution in [2.75, 3.05) is 26.2 Å². The average molecular weight is 477 g/mol. The first kappa shape index (κ1) is 23.2. The molecule has 0 radical (unpaired) electrons. The number of hydrogen-bond acceptors (Lipinski definition) is 5. The number of amides is 1. The summed E-state index contributed by atoms with van der Waals surface area (Å²) < 4.78 is 6.88. The van der Waals surface area contributed by atoms with Gasteiger partial charge in [0.15, 0.2) is 0 Å². The molecule has 6 heteroatoms. The molecule has 4 fully saturated rings. The maximum Gasteiger partial charge on any atom is 0.256 e. The Hall–Kier alpha value is -2.25. The van der Waals surface area contributed by atoms with Crippen molar-refractivity contribution >= 4 is 5.91 Å². The van der Waals surface area contributed by atoms with E-state index in [1.54, 1.807) is 0 Å². The summed E-state index contributed by atoms with van der Waals surface area (Å²) in [6, 6.07) is 17.7. The number of carbonyl (C=O) groups excluding carboxylic acids is 1. The zero-order valence-corrected chi connectivity index (χ0v) is 20.6. The molecular formula is C29H36N2O4. The molecule has 2 aromatic carbocycles. The van der Waals surface area contributed by atoms with E-state index in [1.807, 2.05) is 66.4 Å². The first-order valence-electron chi connectivity index (χ1n) is 13.3. The largest absolute Gasteiger partial charge is 0.336 e. The van der Waals surface area contributed by atoms with Crippen molar-refractivity contribution in [2.45, 2.75) is 57.0 Å². The summed E-state index contributed by atoms with van der Waals surface area (Å²) in [5, 5.41) is 3.30. The molecule has 2 unspecified atom stereocenters. The van der Waals surface area contributed by atoms with Crippen LogP contribution in [0.4, 0.5) is 0 Å². The maximum absolute atomic E-state index is 13.0. The fourth-order valence-electron chi connectivity index (χ4n) is 6.69. The summed E-state index contributed by atoms with van der Waals surface area (Å²) in [5.74, 6) is -0.101. The van der Waals surface area contributed by atoms with Crippen molar-refractivity contribution < 1.29 is 19.3 Å². The molecular weight excluding hydrogens is 440 g/mol. The molecule has 2 aliphatic heterocycles. The molecule has 2 saturated carbocycles. The lowest BCUT2D eigenvalue weighted by Crippen LogP contribution is -2.46. The van der Waals surface area contributed by atoms with Gasteiger partial charge in [0.1, 0.15) is 0 Å². The Balaban J connectivity index is 1.29. The van der Waals surface area contributed by atoms with Gasteiger partial charge in [-0.25, -0.2) is 0 Å². The van der Waals surface area contributed by atoms with Gasteiger partial charge in [-0.3, -0.25) is 4.79 Å². The van der Waals surface area contributed by atoms with Crippen LogP contribution in [0.25, 0.3) is 0 Å². The number of nitrogens with zero attached hydrogens (tertiary/aromatic N) is 1. The molecule has 1 N–H and O–H groups in total. The smallest absolute Gasteiger partial charge is 0.256 e. The van der Waals surface area contributed by atoms with E-state index in [-0.39, 0.29) is 5.91 Å². The van der Waals surface area contributed by atoms with Gasteiger partial charge in [0.25, 0.3) is 11.7 Å². The summed E-state index contributed by atoms with van der Waals surface area (Å²) in [6.07, 6.45) is 7.58. The lowest BCUT2D eigenvalue weighted by Gasteiger charge is -2.43. The van der Waals surface area contributed by atoms with Crippen LogP contribution in [0.3, 0.4) is 0 Å². The van der Waals surface area contributed by atoms with Crippen LogP contribution >= 0.6 is 0 Å². The zero-order chi connectivity index (χ0) is 23.9. The lowest BCUT2D eigenvalue weighted by molar-refractivity contribution is -0.354. The second-order valence-corrected chi connectivity index (χ2v) is 11.0. The number of fused-ring (bicyclic) bond motifs is 2. The third-order valence-electron chi connectivity index (χ3n) is 8.61. The highest BCUT2D eigenvalue weighted by Crippen LogP contribution is 2.53. The topological polar surface area (TPSA) is 60.0 Å². The molecule has 2 heterocycles. The molecule has 2 saturated heterocycles. The summed E-state index contributed by atoms with van der Waals surface area (Å²) in [4.78, 5) is 27.2. The van der Waals surface area contributed by atoms with E-state index >= 15 is 0 Å². The van der Waals surface area contributed by atoms with Crippen LogP contribution in [0.15, 0.2) is 54.6 Å². The minimum absolute atomic E-state index is 0.0647. The molecule has 35 heavy (non-hydrogen) atoms. The van der Waals surface area contributed by atoms with Gasteiger partial charge in [0, 0.05) is 48.8 Å². The minimum atomic E-state index is -1.17. The number of ether oxygens (including phenoxy) is 1. The second kappa shape index (κ2) is 9.32. The van der Waals surface area contributed by atoms with E-state index in [9.17, 15) is 4.79 Å². The van der Waals surface area contributed by atoms with Crippen LogP contribution in [-0.2, 0) is 20.3 Å². The van der Waals surface area contributed by atoms with Crippen LogP contribution in [-0.4, -0.2) is 42.8 Å². The number of piperazine rings is 1. The number of benzene rings is 2. The summed E-state index contributed by atoms with van der Waals surface area (Å²) in [7, 11) is 0. The van der Waals surface area contributed by atoms with Gasteiger partial charge in [-0.2, -0.15) is 9.78 Å². The first-order valence-corrected chi connectivity index (χ1v) is 13.3. The van der Waals surface area contributed by atoms with E-state index in [2.05, 4.69) is 5.32 Å².